The molecule has 0 amide bonds. The van der Waals surface area contributed by atoms with E-state index in [9.17, 15) is 14.4 Å². The van der Waals surface area contributed by atoms with Gasteiger partial charge in [0.25, 0.3) is 0 Å². The average molecular weight is 335 g/mol. The first-order valence-electron chi connectivity index (χ1n) is 7.76. The van der Waals surface area contributed by atoms with Crippen LogP contribution >= 0.6 is 0 Å². The Morgan fingerprint density at radius 2 is 1.38 bits per heavy atom. The molecule has 0 unspecified atom stereocenters. The minimum atomic E-state index is -0.680. The van der Waals surface area contributed by atoms with E-state index in [1.165, 1.54) is 0 Å². The van der Waals surface area contributed by atoms with Crippen molar-refractivity contribution in [2.24, 2.45) is 10.8 Å². The highest BCUT2D eigenvalue weighted by molar-refractivity contribution is 5.18. The summed E-state index contributed by atoms with van der Waals surface area (Å²) >= 11 is 0. The molecule has 3 heterocycles. The molecule has 0 radical (unpaired) electrons. The molecule has 0 saturated carbocycles. The molecule has 0 bridgehead atoms. The molecule has 8 nitrogen and oxygen atoms in total. The number of hydrogen-bond donors (Lipinski definition) is 0. The topological polar surface area (TPSA) is 84.5 Å². The first kappa shape index (κ1) is 16.7. The molecule has 130 valence electrons. The smallest absolute Gasteiger partial charge is 0.341 e. The Morgan fingerprint density at radius 1 is 0.958 bits per heavy atom. The highest BCUT2D eigenvalue weighted by atomic mass is 16.5. The van der Waals surface area contributed by atoms with Gasteiger partial charge < -0.3 is 9.47 Å². The Kier molecular flexibility index (Phi) is 3.99. The maximum absolute atomic E-state index is 12.8. The van der Waals surface area contributed by atoms with Crippen molar-refractivity contribution in [2.45, 2.75) is 26.9 Å². The van der Waals surface area contributed by atoms with E-state index in [0.29, 0.717) is 26.4 Å². The van der Waals surface area contributed by atoms with Crippen molar-refractivity contribution in [1.82, 2.24) is 13.7 Å². The van der Waals surface area contributed by atoms with Gasteiger partial charge in [-0.3, -0.25) is 0 Å². The number of nitrogens with zero attached hydrogens (tertiary/aromatic N) is 3. The van der Waals surface area contributed by atoms with Crippen LogP contribution in [0, 0.1) is 10.8 Å². The minimum absolute atomic E-state index is 0.198. The van der Waals surface area contributed by atoms with Crippen LogP contribution in [-0.2, 0) is 22.6 Å². The zero-order valence-corrected chi connectivity index (χ0v) is 13.9. The predicted octanol–water partition coefficient (Wildman–Crippen LogP) is -0.500. The summed E-state index contributed by atoms with van der Waals surface area (Å²) in [4.78, 5) is 37.9. The van der Waals surface area contributed by atoms with Gasteiger partial charge >= 0.3 is 17.1 Å². The second kappa shape index (κ2) is 5.73. The maximum Gasteiger partial charge on any atom is 0.341 e. The standard InChI is InChI=1S/C16H21N3O5/c1-4-5-17-12(20)18(6-15(2)8-23-9-15)14(22)19(13(17)21)7-16(3)10-24-11-16/h5H,1,6-11H2,2-3H3. The molecule has 8 heteroatoms. The minimum Gasteiger partial charge on any atom is -0.380 e. The third-order valence-corrected chi connectivity index (χ3v) is 4.44. The molecule has 24 heavy (non-hydrogen) atoms. The van der Waals surface area contributed by atoms with Crippen LogP contribution in [0.3, 0.4) is 0 Å². The van der Waals surface area contributed by atoms with Gasteiger partial charge in [-0.25, -0.2) is 28.1 Å². The lowest BCUT2D eigenvalue weighted by molar-refractivity contribution is -0.114. The maximum atomic E-state index is 12.8. The van der Waals surface area contributed by atoms with Crippen LogP contribution in [0.5, 0.6) is 0 Å². The molecule has 0 N–H and O–H groups in total. The van der Waals surface area contributed by atoms with E-state index in [4.69, 9.17) is 9.47 Å². The van der Waals surface area contributed by atoms with Crippen LogP contribution in [0.25, 0.3) is 6.20 Å². The summed E-state index contributed by atoms with van der Waals surface area (Å²) in [5, 5.41) is 0. The Labute approximate surface area is 138 Å². The summed E-state index contributed by atoms with van der Waals surface area (Å²) in [5.41, 5.74) is -0.101. The molecular weight excluding hydrogens is 314 g/mol. The summed E-state index contributed by atoms with van der Waals surface area (Å²) in [7, 11) is 0. The van der Waals surface area contributed by atoms with E-state index in [0.717, 1.165) is 19.9 Å². The molecule has 1 aromatic rings. The normalized spacial score (nSPS) is 20.6. The van der Waals surface area contributed by atoms with Crippen molar-refractivity contribution >= 4 is 6.20 Å². The van der Waals surface area contributed by atoms with Gasteiger partial charge in [-0.05, 0) is 0 Å². The number of aromatic nitrogens is 3. The molecule has 0 aliphatic carbocycles. The monoisotopic (exact) mass is 335 g/mol. The van der Waals surface area contributed by atoms with Crippen molar-refractivity contribution in [3.05, 3.63) is 43.8 Å². The van der Waals surface area contributed by atoms with Crippen LogP contribution < -0.4 is 17.1 Å². The molecule has 2 aliphatic rings. The largest absolute Gasteiger partial charge is 0.380 e. The van der Waals surface area contributed by atoms with E-state index < -0.39 is 17.1 Å². The van der Waals surface area contributed by atoms with Gasteiger partial charge in [-0.15, -0.1) is 5.73 Å². The lowest BCUT2D eigenvalue weighted by Gasteiger charge is -2.39. The van der Waals surface area contributed by atoms with E-state index in [1.807, 2.05) is 13.8 Å². The molecule has 0 spiro atoms. The van der Waals surface area contributed by atoms with Gasteiger partial charge in [0.2, 0.25) is 0 Å². The summed E-state index contributed by atoms with van der Waals surface area (Å²) in [5.74, 6) is 0. The third-order valence-electron chi connectivity index (χ3n) is 4.44. The van der Waals surface area contributed by atoms with Crippen molar-refractivity contribution in [3.8, 4) is 0 Å². The lowest BCUT2D eigenvalue weighted by atomic mass is 9.88. The Hall–Kier alpha value is -2.15. The SMILES string of the molecule is C=C=Cn1c(=O)n(CC2(C)COC2)c(=O)n(CC2(C)COC2)c1=O. The zero-order chi connectivity index (χ0) is 17.5. The fraction of sp³-hybridized carbons (Fsp3) is 0.625. The summed E-state index contributed by atoms with van der Waals surface area (Å²) in [6.45, 7) is 9.57. The fourth-order valence-electron chi connectivity index (χ4n) is 2.97. The second-order valence-corrected chi connectivity index (χ2v) is 7.33. The number of ether oxygens (including phenoxy) is 2. The van der Waals surface area contributed by atoms with Crippen LogP contribution in [0.1, 0.15) is 13.8 Å². The molecular formula is C16H21N3O5. The summed E-state index contributed by atoms with van der Waals surface area (Å²) in [6, 6.07) is 0. The molecule has 2 aliphatic heterocycles. The van der Waals surface area contributed by atoms with Crippen molar-refractivity contribution in [1.29, 1.82) is 0 Å². The number of hydrogen-bond acceptors (Lipinski definition) is 5. The second-order valence-electron chi connectivity index (χ2n) is 7.33. The van der Waals surface area contributed by atoms with Crippen LogP contribution in [0.15, 0.2) is 26.7 Å². The van der Waals surface area contributed by atoms with Gasteiger partial charge in [0.1, 0.15) is 0 Å². The van der Waals surface area contributed by atoms with Crippen molar-refractivity contribution < 1.29 is 9.47 Å². The quantitative estimate of drug-likeness (QED) is 0.678. The lowest BCUT2D eigenvalue weighted by Crippen LogP contribution is -2.59. The van der Waals surface area contributed by atoms with Crippen LogP contribution in [-0.4, -0.2) is 40.1 Å². The first-order valence-corrected chi connectivity index (χ1v) is 7.76. The van der Waals surface area contributed by atoms with Crippen molar-refractivity contribution in [3.63, 3.8) is 0 Å². The van der Waals surface area contributed by atoms with E-state index in [2.05, 4.69) is 12.3 Å². The molecule has 0 aromatic carbocycles. The van der Waals surface area contributed by atoms with Gasteiger partial charge in [-0.1, -0.05) is 20.4 Å². The first-order chi connectivity index (χ1) is 11.3. The molecule has 1 aromatic heterocycles. The molecule has 2 fully saturated rings. The van der Waals surface area contributed by atoms with Gasteiger partial charge in [-0.2, -0.15) is 0 Å². The molecule has 0 atom stereocenters. The Morgan fingerprint density at radius 3 is 1.67 bits per heavy atom. The van der Waals surface area contributed by atoms with Crippen molar-refractivity contribution in [2.75, 3.05) is 26.4 Å². The third kappa shape index (κ3) is 2.73. The van der Waals surface area contributed by atoms with Crippen LogP contribution in [0.2, 0.25) is 0 Å². The summed E-state index contributed by atoms with van der Waals surface area (Å²) < 4.78 is 13.4. The van der Waals surface area contributed by atoms with E-state index >= 15 is 0 Å². The fourth-order valence-corrected chi connectivity index (χ4v) is 2.97. The molecule has 3 rings (SSSR count). The Bertz CT molecular complexity index is 816. The van der Waals surface area contributed by atoms with Gasteiger partial charge in [0.15, 0.2) is 0 Å². The van der Waals surface area contributed by atoms with Gasteiger partial charge in [0, 0.05) is 23.9 Å². The van der Waals surface area contributed by atoms with Gasteiger partial charge in [0.05, 0.1) is 32.6 Å². The zero-order valence-electron chi connectivity index (χ0n) is 13.9. The highest BCUT2D eigenvalue weighted by Gasteiger charge is 2.37. The number of rotatable bonds is 5. The predicted molar refractivity (Wildman–Crippen MR) is 87.0 cm³/mol. The van der Waals surface area contributed by atoms with Crippen LogP contribution in [0.4, 0.5) is 0 Å². The van der Waals surface area contributed by atoms with E-state index in [-0.39, 0.29) is 23.9 Å². The molecule has 2 saturated heterocycles. The highest BCUT2D eigenvalue weighted by Crippen LogP contribution is 2.28. The van der Waals surface area contributed by atoms with E-state index in [1.54, 1.807) is 0 Å². The average Bonchev–Trinajstić information content (AvgIpc) is 2.49. The Balaban J connectivity index is 2.15. The summed E-state index contributed by atoms with van der Waals surface area (Å²) in [6.07, 6.45) is 1.16.